The number of anilines is 3. The molecule has 5 heteroatoms. The van der Waals surface area contributed by atoms with Gasteiger partial charge in [0.1, 0.15) is 11.6 Å². The SMILES string of the molecule is CCOc1ccccc1Nc1nc(NC(C)CC)cc(-c2ccccc2)n1. The number of hydrogen-bond acceptors (Lipinski definition) is 5. The van der Waals surface area contributed by atoms with E-state index in [2.05, 4.69) is 29.5 Å². The van der Waals surface area contributed by atoms with Gasteiger partial charge in [-0.25, -0.2) is 4.98 Å². The lowest BCUT2D eigenvalue weighted by Gasteiger charge is -2.16. The van der Waals surface area contributed by atoms with Gasteiger partial charge in [-0.05, 0) is 32.4 Å². The second kappa shape index (κ2) is 9.03. The average Bonchev–Trinajstić information content (AvgIpc) is 2.70. The Hall–Kier alpha value is -3.08. The molecule has 0 amide bonds. The van der Waals surface area contributed by atoms with Crippen LogP contribution in [0.4, 0.5) is 17.5 Å². The number of aromatic nitrogens is 2. The second-order valence-corrected chi connectivity index (χ2v) is 6.34. The maximum atomic E-state index is 5.70. The Morgan fingerprint density at radius 1 is 0.963 bits per heavy atom. The molecular formula is C22H26N4O. The Balaban J connectivity index is 1.97. The van der Waals surface area contributed by atoms with Crippen LogP contribution in [0.1, 0.15) is 27.2 Å². The number of ether oxygens (including phenoxy) is 1. The summed E-state index contributed by atoms with van der Waals surface area (Å²) in [6, 6.07) is 20.2. The van der Waals surface area contributed by atoms with Crippen LogP contribution in [0.25, 0.3) is 11.3 Å². The molecule has 0 saturated carbocycles. The van der Waals surface area contributed by atoms with Crippen molar-refractivity contribution in [2.24, 2.45) is 0 Å². The highest BCUT2D eigenvalue weighted by molar-refractivity contribution is 5.68. The van der Waals surface area contributed by atoms with Crippen molar-refractivity contribution in [3.05, 3.63) is 60.7 Å². The number of hydrogen-bond donors (Lipinski definition) is 2. The third-order valence-electron chi connectivity index (χ3n) is 4.24. The lowest BCUT2D eigenvalue weighted by molar-refractivity contribution is 0.342. The van der Waals surface area contributed by atoms with Gasteiger partial charge in [0.15, 0.2) is 0 Å². The highest BCUT2D eigenvalue weighted by Gasteiger charge is 2.10. The van der Waals surface area contributed by atoms with Crippen molar-refractivity contribution in [2.75, 3.05) is 17.2 Å². The Morgan fingerprint density at radius 3 is 2.44 bits per heavy atom. The van der Waals surface area contributed by atoms with Crippen LogP contribution in [-0.2, 0) is 0 Å². The van der Waals surface area contributed by atoms with Gasteiger partial charge >= 0.3 is 0 Å². The van der Waals surface area contributed by atoms with E-state index in [4.69, 9.17) is 9.72 Å². The highest BCUT2D eigenvalue weighted by atomic mass is 16.5. The van der Waals surface area contributed by atoms with E-state index in [1.807, 2.05) is 67.6 Å². The largest absolute Gasteiger partial charge is 0.492 e. The summed E-state index contributed by atoms with van der Waals surface area (Å²) >= 11 is 0. The fourth-order valence-corrected chi connectivity index (χ4v) is 2.66. The zero-order chi connectivity index (χ0) is 19.1. The molecule has 0 bridgehead atoms. The highest BCUT2D eigenvalue weighted by Crippen LogP contribution is 2.28. The molecule has 140 valence electrons. The average molecular weight is 362 g/mol. The third-order valence-corrected chi connectivity index (χ3v) is 4.24. The van der Waals surface area contributed by atoms with Crippen LogP contribution in [0.15, 0.2) is 60.7 Å². The van der Waals surface area contributed by atoms with Crippen LogP contribution in [-0.4, -0.2) is 22.6 Å². The zero-order valence-corrected chi connectivity index (χ0v) is 16.1. The molecule has 2 N–H and O–H groups in total. The lowest BCUT2D eigenvalue weighted by atomic mass is 10.1. The monoisotopic (exact) mass is 362 g/mol. The van der Waals surface area contributed by atoms with Gasteiger partial charge in [0.05, 0.1) is 18.0 Å². The van der Waals surface area contributed by atoms with E-state index >= 15 is 0 Å². The van der Waals surface area contributed by atoms with Gasteiger partial charge in [0.2, 0.25) is 5.95 Å². The smallest absolute Gasteiger partial charge is 0.229 e. The van der Waals surface area contributed by atoms with Crippen molar-refractivity contribution in [1.82, 2.24) is 9.97 Å². The molecule has 0 aliphatic rings. The fourth-order valence-electron chi connectivity index (χ4n) is 2.66. The Labute approximate surface area is 160 Å². The summed E-state index contributed by atoms with van der Waals surface area (Å²) in [5, 5.41) is 6.76. The van der Waals surface area contributed by atoms with Crippen LogP contribution in [0.5, 0.6) is 5.75 Å². The lowest BCUT2D eigenvalue weighted by Crippen LogP contribution is -2.15. The third kappa shape index (κ3) is 4.97. The van der Waals surface area contributed by atoms with Gasteiger partial charge in [-0.1, -0.05) is 49.4 Å². The zero-order valence-electron chi connectivity index (χ0n) is 16.1. The fraction of sp³-hybridized carbons (Fsp3) is 0.273. The maximum Gasteiger partial charge on any atom is 0.229 e. The molecule has 0 aliphatic heterocycles. The molecule has 1 heterocycles. The first kappa shape index (κ1) is 18.7. The van der Waals surface area contributed by atoms with Gasteiger partial charge in [-0.15, -0.1) is 0 Å². The second-order valence-electron chi connectivity index (χ2n) is 6.34. The van der Waals surface area contributed by atoms with Crippen LogP contribution in [0, 0.1) is 0 Å². The van der Waals surface area contributed by atoms with Crippen LogP contribution >= 0.6 is 0 Å². The molecule has 1 unspecified atom stereocenters. The quantitative estimate of drug-likeness (QED) is 0.554. The minimum Gasteiger partial charge on any atom is -0.492 e. The predicted octanol–water partition coefficient (Wildman–Crippen LogP) is 5.50. The molecule has 5 nitrogen and oxygen atoms in total. The standard InChI is InChI=1S/C22H26N4O/c1-4-16(3)23-21-15-19(17-11-7-6-8-12-17)25-22(26-21)24-18-13-9-10-14-20(18)27-5-2/h6-16H,4-5H2,1-3H3,(H2,23,24,25,26). The topological polar surface area (TPSA) is 59.1 Å². The van der Waals surface area contributed by atoms with Gasteiger partial charge in [-0.2, -0.15) is 4.98 Å². The van der Waals surface area contributed by atoms with Crippen molar-refractivity contribution < 1.29 is 4.74 Å². The summed E-state index contributed by atoms with van der Waals surface area (Å²) in [4.78, 5) is 9.37. The summed E-state index contributed by atoms with van der Waals surface area (Å²) in [7, 11) is 0. The Kier molecular flexibility index (Phi) is 6.26. The minimum atomic E-state index is 0.326. The summed E-state index contributed by atoms with van der Waals surface area (Å²) < 4.78 is 5.70. The molecule has 0 saturated heterocycles. The van der Waals surface area contributed by atoms with Crippen molar-refractivity contribution in [3.63, 3.8) is 0 Å². The van der Waals surface area contributed by atoms with E-state index in [9.17, 15) is 0 Å². The van der Waals surface area contributed by atoms with Crippen LogP contribution in [0.3, 0.4) is 0 Å². The van der Waals surface area contributed by atoms with Gasteiger partial charge in [-0.3, -0.25) is 0 Å². The molecule has 27 heavy (non-hydrogen) atoms. The van der Waals surface area contributed by atoms with Crippen LogP contribution in [0.2, 0.25) is 0 Å². The van der Waals surface area contributed by atoms with E-state index in [0.29, 0.717) is 18.6 Å². The Bertz CT molecular complexity index is 867. The first-order chi connectivity index (χ1) is 13.2. The molecule has 0 aliphatic carbocycles. The number of nitrogens with one attached hydrogen (secondary N) is 2. The Morgan fingerprint density at radius 2 is 1.70 bits per heavy atom. The van der Waals surface area contributed by atoms with Gasteiger partial charge in [0.25, 0.3) is 0 Å². The van der Waals surface area contributed by atoms with E-state index in [0.717, 1.165) is 34.9 Å². The molecule has 2 aromatic carbocycles. The predicted molar refractivity (Wildman–Crippen MR) is 112 cm³/mol. The number of rotatable bonds is 8. The molecule has 0 radical (unpaired) electrons. The van der Waals surface area contributed by atoms with E-state index in [1.165, 1.54) is 0 Å². The molecule has 3 aromatic rings. The first-order valence-corrected chi connectivity index (χ1v) is 9.39. The normalized spacial score (nSPS) is 11.7. The summed E-state index contributed by atoms with van der Waals surface area (Å²) in [5.74, 6) is 2.12. The summed E-state index contributed by atoms with van der Waals surface area (Å²) in [5.41, 5.74) is 2.76. The van der Waals surface area contributed by atoms with Crippen molar-refractivity contribution in [2.45, 2.75) is 33.2 Å². The van der Waals surface area contributed by atoms with Crippen molar-refractivity contribution in [1.29, 1.82) is 0 Å². The van der Waals surface area contributed by atoms with Crippen molar-refractivity contribution in [3.8, 4) is 17.0 Å². The summed E-state index contributed by atoms with van der Waals surface area (Å²) in [6.45, 7) is 6.86. The van der Waals surface area contributed by atoms with Gasteiger partial charge < -0.3 is 15.4 Å². The number of nitrogens with zero attached hydrogens (tertiary/aromatic N) is 2. The van der Waals surface area contributed by atoms with Crippen LogP contribution < -0.4 is 15.4 Å². The van der Waals surface area contributed by atoms with E-state index in [-0.39, 0.29) is 0 Å². The molecule has 3 rings (SSSR count). The number of para-hydroxylation sites is 2. The number of benzene rings is 2. The van der Waals surface area contributed by atoms with E-state index in [1.54, 1.807) is 0 Å². The summed E-state index contributed by atoms with van der Waals surface area (Å²) in [6.07, 6.45) is 1.01. The van der Waals surface area contributed by atoms with Crippen molar-refractivity contribution >= 4 is 17.5 Å². The maximum absolute atomic E-state index is 5.70. The molecule has 1 aromatic heterocycles. The minimum absolute atomic E-state index is 0.326. The molecule has 0 fully saturated rings. The first-order valence-electron chi connectivity index (χ1n) is 9.39. The van der Waals surface area contributed by atoms with Gasteiger partial charge in [0, 0.05) is 17.7 Å². The molecule has 0 spiro atoms. The molecular weight excluding hydrogens is 336 g/mol. The molecule has 1 atom stereocenters. The van der Waals surface area contributed by atoms with E-state index < -0.39 is 0 Å².